The molecule has 0 aliphatic heterocycles. The summed E-state index contributed by atoms with van der Waals surface area (Å²) in [5, 5.41) is 0. The first kappa shape index (κ1) is 14.6. The Labute approximate surface area is 126 Å². The zero-order valence-corrected chi connectivity index (χ0v) is 12.6. The summed E-state index contributed by atoms with van der Waals surface area (Å²) in [6.07, 6.45) is 0. The standard InChI is InChI=1S/C15H15BrN2O2/c1-10-6-7-14(13(16)8-10)20-9-11-4-2-3-5-12(11)15(19)18-17/h2-8H,9,17H2,1H3,(H,18,19). The number of hydrogen-bond acceptors (Lipinski definition) is 3. The van der Waals surface area contributed by atoms with Crippen LogP contribution in [0.3, 0.4) is 0 Å². The number of nitrogens with one attached hydrogen (secondary N) is 1. The fourth-order valence-corrected chi connectivity index (χ4v) is 2.43. The Morgan fingerprint density at radius 1 is 1.30 bits per heavy atom. The van der Waals surface area contributed by atoms with Gasteiger partial charge in [-0.2, -0.15) is 0 Å². The zero-order chi connectivity index (χ0) is 14.5. The molecule has 0 aromatic heterocycles. The van der Waals surface area contributed by atoms with E-state index in [1.165, 1.54) is 0 Å². The highest BCUT2D eigenvalue weighted by Gasteiger charge is 2.10. The van der Waals surface area contributed by atoms with Gasteiger partial charge in [0.2, 0.25) is 0 Å². The highest BCUT2D eigenvalue weighted by atomic mass is 79.9. The Morgan fingerprint density at radius 3 is 2.75 bits per heavy atom. The van der Waals surface area contributed by atoms with Crippen LogP contribution in [0.2, 0.25) is 0 Å². The van der Waals surface area contributed by atoms with E-state index in [2.05, 4.69) is 21.4 Å². The lowest BCUT2D eigenvalue weighted by Gasteiger charge is -2.11. The number of halogens is 1. The Bertz CT molecular complexity index is 629. The molecule has 0 spiro atoms. The number of benzene rings is 2. The SMILES string of the molecule is Cc1ccc(OCc2ccccc2C(=O)NN)c(Br)c1. The largest absolute Gasteiger partial charge is 0.488 e. The molecule has 0 unspecified atom stereocenters. The highest BCUT2D eigenvalue weighted by molar-refractivity contribution is 9.10. The number of amides is 1. The third-order valence-corrected chi connectivity index (χ3v) is 3.48. The van der Waals surface area contributed by atoms with Gasteiger partial charge < -0.3 is 4.74 Å². The molecule has 0 aliphatic carbocycles. The summed E-state index contributed by atoms with van der Waals surface area (Å²) in [6.45, 7) is 2.31. The van der Waals surface area contributed by atoms with Crippen LogP contribution >= 0.6 is 15.9 Å². The van der Waals surface area contributed by atoms with Crippen LogP contribution in [0.15, 0.2) is 46.9 Å². The van der Waals surface area contributed by atoms with Crippen LogP contribution in [0.25, 0.3) is 0 Å². The van der Waals surface area contributed by atoms with Crippen molar-refractivity contribution in [3.05, 3.63) is 63.6 Å². The third kappa shape index (κ3) is 3.37. The Morgan fingerprint density at radius 2 is 2.05 bits per heavy atom. The average molecular weight is 335 g/mol. The molecule has 0 aliphatic rings. The minimum Gasteiger partial charge on any atom is -0.488 e. The molecular weight excluding hydrogens is 320 g/mol. The van der Waals surface area contributed by atoms with Crippen molar-refractivity contribution >= 4 is 21.8 Å². The van der Waals surface area contributed by atoms with Gasteiger partial charge in [-0.15, -0.1) is 0 Å². The van der Waals surface area contributed by atoms with Crippen molar-refractivity contribution in [1.82, 2.24) is 5.43 Å². The molecule has 0 bridgehead atoms. The van der Waals surface area contributed by atoms with Crippen LogP contribution in [0.4, 0.5) is 0 Å². The van der Waals surface area contributed by atoms with E-state index in [9.17, 15) is 4.79 Å². The predicted octanol–water partition coefficient (Wildman–Crippen LogP) is 2.94. The molecule has 0 heterocycles. The molecule has 1 amide bonds. The molecule has 5 heteroatoms. The molecule has 104 valence electrons. The van der Waals surface area contributed by atoms with E-state index in [1.54, 1.807) is 12.1 Å². The first-order valence-corrected chi connectivity index (χ1v) is 6.89. The second kappa shape index (κ2) is 6.54. The van der Waals surface area contributed by atoms with E-state index in [0.717, 1.165) is 21.3 Å². The summed E-state index contributed by atoms with van der Waals surface area (Å²) in [7, 11) is 0. The van der Waals surface area contributed by atoms with Gasteiger partial charge >= 0.3 is 0 Å². The lowest BCUT2D eigenvalue weighted by Crippen LogP contribution is -2.30. The van der Waals surface area contributed by atoms with Crippen LogP contribution in [-0.2, 0) is 6.61 Å². The smallest absolute Gasteiger partial charge is 0.265 e. The minimum absolute atomic E-state index is 0.297. The van der Waals surface area contributed by atoms with Crippen molar-refractivity contribution in [2.24, 2.45) is 5.84 Å². The molecule has 2 aromatic carbocycles. The van der Waals surface area contributed by atoms with Crippen molar-refractivity contribution in [2.75, 3.05) is 0 Å². The number of ether oxygens (including phenoxy) is 1. The van der Waals surface area contributed by atoms with E-state index in [0.29, 0.717) is 12.2 Å². The summed E-state index contributed by atoms with van der Waals surface area (Å²) in [5.74, 6) is 5.58. The first-order valence-electron chi connectivity index (χ1n) is 6.09. The Hall–Kier alpha value is -1.85. The van der Waals surface area contributed by atoms with E-state index < -0.39 is 0 Å². The quantitative estimate of drug-likeness (QED) is 0.513. The van der Waals surface area contributed by atoms with Crippen LogP contribution in [0.1, 0.15) is 21.5 Å². The molecule has 0 fully saturated rings. The van der Waals surface area contributed by atoms with Gasteiger partial charge in [0.15, 0.2) is 0 Å². The highest BCUT2D eigenvalue weighted by Crippen LogP contribution is 2.26. The fraction of sp³-hybridized carbons (Fsp3) is 0.133. The summed E-state index contributed by atoms with van der Waals surface area (Å²) in [6, 6.07) is 13.0. The third-order valence-electron chi connectivity index (χ3n) is 2.86. The van der Waals surface area contributed by atoms with E-state index in [-0.39, 0.29) is 5.91 Å². The van der Waals surface area contributed by atoms with Crippen molar-refractivity contribution in [3.63, 3.8) is 0 Å². The zero-order valence-electron chi connectivity index (χ0n) is 11.0. The van der Waals surface area contributed by atoms with Gasteiger partial charge in [-0.25, -0.2) is 5.84 Å². The van der Waals surface area contributed by atoms with Gasteiger partial charge in [-0.3, -0.25) is 10.2 Å². The summed E-state index contributed by atoms with van der Waals surface area (Å²) in [5.41, 5.74) is 4.57. The molecule has 0 atom stereocenters. The number of carbonyl (C=O) groups excluding carboxylic acids is 1. The van der Waals surface area contributed by atoms with Crippen molar-refractivity contribution in [3.8, 4) is 5.75 Å². The monoisotopic (exact) mass is 334 g/mol. The molecule has 3 N–H and O–H groups in total. The average Bonchev–Trinajstić information content (AvgIpc) is 2.46. The van der Waals surface area contributed by atoms with E-state index in [1.807, 2.05) is 37.3 Å². The number of rotatable bonds is 4. The van der Waals surface area contributed by atoms with Gasteiger partial charge in [0, 0.05) is 11.1 Å². The number of nitrogens with two attached hydrogens (primary N) is 1. The number of hydrogen-bond donors (Lipinski definition) is 2. The maximum absolute atomic E-state index is 11.7. The van der Waals surface area contributed by atoms with E-state index >= 15 is 0 Å². The van der Waals surface area contributed by atoms with Crippen molar-refractivity contribution in [2.45, 2.75) is 13.5 Å². The van der Waals surface area contributed by atoms with Gasteiger partial charge in [0.05, 0.1) is 4.47 Å². The summed E-state index contributed by atoms with van der Waals surface area (Å²) in [4.78, 5) is 11.7. The van der Waals surface area contributed by atoms with Gasteiger partial charge in [-0.05, 0) is 46.6 Å². The van der Waals surface area contributed by atoms with Gasteiger partial charge in [-0.1, -0.05) is 24.3 Å². The number of carbonyl (C=O) groups is 1. The topological polar surface area (TPSA) is 64.3 Å². The second-order valence-electron chi connectivity index (χ2n) is 4.35. The Kier molecular flexibility index (Phi) is 4.76. The molecule has 0 radical (unpaired) electrons. The molecule has 0 saturated carbocycles. The van der Waals surface area contributed by atoms with E-state index in [4.69, 9.17) is 10.6 Å². The molecule has 2 rings (SSSR count). The lowest BCUT2D eigenvalue weighted by molar-refractivity contribution is 0.0951. The van der Waals surface area contributed by atoms with Crippen LogP contribution in [0, 0.1) is 6.92 Å². The van der Waals surface area contributed by atoms with Crippen LogP contribution in [-0.4, -0.2) is 5.91 Å². The van der Waals surface area contributed by atoms with Gasteiger partial charge in [0.25, 0.3) is 5.91 Å². The lowest BCUT2D eigenvalue weighted by atomic mass is 10.1. The molecule has 0 saturated heterocycles. The normalized spacial score (nSPS) is 10.2. The summed E-state index contributed by atoms with van der Waals surface area (Å²) < 4.78 is 6.63. The number of aryl methyl sites for hydroxylation is 1. The Balaban J connectivity index is 2.17. The second-order valence-corrected chi connectivity index (χ2v) is 5.21. The first-order chi connectivity index (χ1) is 9.61. The molecule has 4 nitrogen and oxygen atoms in total. The maximum atomic E-state index is 11.7. The number of nitrogen functional groups attached to an aromatic ring is 1. The summed E-state index contributed by atoms with van der Waals surface area (Å²) >= 11 is 3.46. The minimum atomic E-state index is -0.327. The fourth-order valence-electron chi connectivity index (χ4n) is 1.82. The maximum Gasteiger partial charge on any atom is 0.265 e. The molecule has 2 aromatic rings. The van der Waals surface area contributed by atoms with Crippen molar-refractivity contribution in [1.29, 1.82) is 0 Å². The van der Waals surface area contributed by atoms with Gasteiger partial charge in [0.1, 0.15) is 12.4 Å². The van der Waals surface area contributed by atoms with Crippen molar-refractivity contribution < 1.29 is 9.53 Å². The molecular formula is C15H15BrN2O2. The van der Waals surface area contributed by atoms with Crippen LogP contribution < -0.4 is 16.0 Å². The van der Waals surface area contributed by atoms with Crippen LogP contribution in [0.5, 0.6) is 5.75 Å². The predicted molar refractivity (Wildman–Crippen MR) is 81.3 cm³/mol. The number of hydrazine groups is 1. The molecule has 20 heavy (non-hydrogen) atoms.